The molecule has 100 valence electrons. The van der Waals surface area contributed by atoms with Crippen LogP contribution in [0.1, 0.15) is 19.2 Å². The van der Waals surface area contributed by atoms with Crippen molar-refractivity contribution in [3.8, 4) is 0 Å². The lowest BCUT2D eigenvalue weighted by Gasteiger charge is -2.21. The molecule has 0 amide bonds. The van der Waals surface area contributed by atoms with Crippen LogP contribution in [-0.2, 0) is 0 Å². The van der Waals surface area contributed by atoms with Gasteiger partial charge in [0.25, 0.3) is 0 Å². The highest BCUT2D eigenvalue weighted by Crippen LogP contribution is 2.24. The van der Waals surface area contributed by atoms with Crippen LogP contribution in [0.25, 0.3) is 0 Å². The van der Waals surface area contributed by atoms with Gasteiger partial charge in [0.15, 0.2) is 0 Å². The summed E-state index contributed by atoms with van der Waals surface area (Å²) >= 11 is 5.99. The summed E-state index contributed by atoms with van der Waals surface area (Å²) in [5, 5.41) is 0.534. The topological polar surface area (TPSA) is 32.3 Å². The molecular formula is C13H21ClN4. The summed E-state index contributed by atoms with van der Waals surface area (Å²) in [7, 11) is 2.17. The summed E-state index contributed by atoms with van der Waals surface area (Å²) in [5.41, 5.74) is 0. The van der Waals surface area contributed by atoms with E-state index in [1.807, 2.05) is 13.0 Å². The highest BCUT2D eigenvalue weighted by atomic mass is 35.5. The van der Waals surface area contributed by atoms with Crippen LogP contribution >= 0.6 is 11.6 Å². The molecule has 0 bridgehead atoms. The predicted molar refractivity (Wildman–Crippen MR) is 75.3 cm³/mol. The van der Waals surface area contributed by atoms with Gasteiger partial charge in [-0.1, -0.05) is 18.5 Å². The first-order valence-electron chi connectivity index (χ1n) is 6.53. The largest absolute Gasteiger partial charge is 0.356 e. The molecule has 1 fully saturated rings. The molecule has 0 spiro atoms. The van der Waals surface area contributed by atoms with Crippen LogP contribution in [0.3, 0.4) is 0 Å². The molecule has 0 aromatic carbocycles. The van der Waals surface area contributed by atoms with Gasteiger partial charge in [0, 0.05) is 25.7 Å². The maximum Gasteiger partial charge on any atom is 0.134 e. The molecule has 2 heterocycles. The molecule has 1 atom stereocenters. The lowest BCUT2D eigenvalue weighted by Crippen LogP contribution is -2.28. The van der Waals surface area contributed by atoms with E-state index in [0.717, 1.165) is 43.7 Å². The van der Waals surface area contributed by atoms with Gasteiger partial charge in [0.2, 0.25) is 0 Å². The molecule has 5 heteroatoms. The van der Waals surface area contributed by atoms with Crippen molar-refractivity contribution in [2.24, 2.45) is 5.92 Å². The number of anilines is 1. The minimum Gasteiger partial charge on any atom is -0.356 e. The first kappa shape index (κ1) is 13.6. The van der Waals surface area contributed by atoms with E-state index < -0.39 is 0 Å². The van der Waals surface area contributed by atoms with Gasteiger partial charge in [0.1, 0.15) is 16.8 Å². The summed E-state index contributed by atoms with van der Waals surface area (Å²) in [6.45, 7) is 8.47. The Balaban J connectivity index is 1.99. The van der Waals surface area contributed by atoms with Crippen LogP contribution < -0.4 is 4.90 Å². The third-order valence-electron chi connectivity index (χ3n) is 3.51. The Hall–Kier alpha value is -0.870. The molecule has 0 aliphatic carbocycles. The van der Waals surface area contributed by atoms with Crippen LogP contribution in [0.2, 0.25) is 5.15 Å². The van der Waals surface area contributed by atoms with E-state index in [4.69, 9.17) is 11.6 Å². The number of rotatable bonds is 4. The average molecular weight is 269 g/mol. The Bertz CT molecular complexity index is 390. The second-order valence-electron chi connectivity index (χ2n) is 5.05. The molecule has 1 aliphatic heterocycles. The van der Waals surface area contributed by atoms with Crippen molar-refractivity contribution >= 4 is 17.4 Å². The van der Waals surface area contributed by atoms with E-state index in [0.29, 0.717) is 5.15 Å². The third-order valence-corrected chi connectivity index (χ3v) is 3.71. The molecular weight excluding hydrogens is 248 g/mol. The van der Waals surface area contributed by atoms with E-state index in [1.54, 1.807) is 0 Å². The SMILES string of the molecule is CCN(C)C[C@@H]1CCN(c2cc(Cl)nc(C)n2)C1. The van der Waals surface area contributed by atoms with Crippen molar-refractivity contribution in [1.82, 2.24) is 14.9 Å². The zero-order chi connectivity index (χ0) is 13.1. The van der Waals surface area contributed by atoms with Crippen molar-refractivity contribution < 1.29 is 0 Å². The smallest absolute Gasteiger partial charge is 0.134 e. The molecule has 1 aliphatic rings. The molecule has 1 aromatic heterocycles. The second kappa shape index (κ2) is 5.85. The summed E-state index contributed by atoms with van der Waals surface area (Å²) in [5.74, 6) is 2.43. The lowest BCUT2D eigenvalue weighted by atomic mass is 10.1. The average Bonchev–Trinajstić information content (AvgIpc) is 2.76. The van der Waals surface area contributed by atoms with Gasteiger partial charge in [-0.05, 0) is 32.9 Å². The standard InChI is InChI=1S/C13H21ClN4/c1-4-17(3)8-11-5-6-18(9-11)13-7-12(14)15-10(2)16-13/h7,11H,4-6,8-9H2,1-3H3/t11-/m0/s1. The highest BCUT2D eigenvalue weighted by Gasteiger charge is 2.24. The van der Waals surface area contributed by atoms with Crippen molar-refractivity contribution in [2.45, 2.75) is 20.3 Å². The molecule has 1 aromatic rings. The third kappa shape index (κ3) is 3.33. The first-order chi connectivity index (χ1) is 8.58. The van der Waals surface area contributed by atoms with Gasteiger partial charge < -0.3 is 9.80 Å². The lowest BCUT2D eigenvalue weighted by molar-refractivity contribution is 0.300. The van der Waals surface area contributed by atoms with Crippen molar-refractivity contribution in [3.63, 3.8) is 0 Å². The maximum atomic E-state index is 5.99. The number of aryl methyl sites for hydroxylation is 1. The minimum atomic E-state index is 0.534. The quantitative estimate of drug-likeness (QED) is 0.784. The van der Waals surface area contributed by atoms with E-state index >= 15 is 0 Å². The Morgan fingerprint density at radius 1 is 1.50 bits per heavy atom. The molecule has 0 saturated carbocycles. The number of aromatic nitrogens is 2. The van der Waals surface area contributed by atoms with Gasteiger partial charge in [0.05, 0.1) is 0 Å². The first-order valence-corrected chi connectivity index (χ1v) is 6.91. The Labute approximate surface area is 114 Å². The number of nitrogens with zero attached hydrogens (tertiary/aromatic N) is 4. The molecule has 18 heavy (non-hydrogen) atoms. The zero-order valence-electron chi connectivity index (χ0n) is 11.4. The van der Waals surface area contributed by atoms with Crippen molar-refractivity contribution in [1.29, 1.82) is 0 Å². The fourth-order valence-electron chi connectivity index (χ4n) is 2.44. The normalized spacial score (nSPS) is 19.8. The predicted octanol–water partition coefficient (Wildman–Crippen LogP) is 2.22. The van der Waals surface area contributed by atoms with Gasteiger partial charge in [-0.25, -0.2) is 9.97 Å². The van der Waals surface area contributed by atoms with Crippen molar-refractivity contribution in [2.75, 3.05) is 38.1 Å². The summed E-state index contributed by atoms with van der Waals surface area (Å²) < 4.78 is 0. The fourth-order valence-corrected chi connectivity index (χ4v) is 2.66. The van der Waals surface area contributed by atoms with Crippen molar-refractivity contribution in [3.05, 3.63) is 17.0 Å². The number of hydrogen-bond donors (Lipinski definition) is 0. The van der Waals surface area contributed by atoms with Crippen LogP contribution in [0.4, 0.5) is 5.82 Å². The number of halogens is 1. The van der Waals surface area contributed by atoms with Crippen LogP contribution in [0.5, 0.6) is 0 Å². The summed E-state index contributed by atoms with van der Waals surface area (Å²) in [6, 6.07) is 1.86. The fraction of sp³-hybridized carbons (Fsp3) is 0.692. The molecule has 0 unspecified atom stereocenters. The Morgan fingerprint density at radius 2 is 2.28 bits per heavy atom. The Kier molecular flexibility index (Phi) is 4.40. The summed E-state index contributed by atoms with van der Waals surface area (Å²) in [6.07, 6.45) is 1.23. The monoisotopic (exact) mass is 268 g/mol. The van der Waals surface area contributed by atoms with Gasteiger partial charge >= 0.3 is 0 Å². The highest BCUT2D eigenvalue weighted by molar-refractivity contribution is 6.29. The molecule has 0 radical (unpaired) electrons. The van der Waals surface area contributed by atoms with Crippen LogP contribution in [0, 0.1) is 12.8 Å². The van der Waals surface area contributed by atoms with Gasteiger partial charge in [-0.2, -0.15) is 0 Å². The number of hydrogen-bond acceptors (Lipinski definition) is 4. The second-order valence-corrected chi connectivity index (χ2v) is 5.44. The Morgan fingerprint density at radius 3 is 2.94 bits per heavy atom. The molecule has 4 nitrogen and oxygen atoms in total. The van der Waals surface area contributed by atoms with Gasteiger partial charge in [-0.15, -0.1) is 0 Å². The maximum absolute atomic E-state index is 5.99. The van der Waals surface area contributed by atoms with E-state index in [-0.39, 0.29) is 0 Å². The van der Waals surface area contributed by atoms with Crippen LogP contribution in [0.15, 0.2) is 6.07 Å². The van der Waals surface area contributed by atoms with E-state index in [1.165, 1.54) is 6.42 Å². The van der Waals surface area contributed by atoms with E-state index in [2.05, 4.69) is 33.7 Å². The minimum absolute atomic E-state index is 0.534. The molecule has 2 rings (SSSR count). The van der Waals surface area contributed by atoms with Gasteiger partial charge in [-0.3, -0.25) is 0 Å². The molecule has 0 N–H and O–H groups in total. The summed E-state index contributed by atoms with van der Waals surface area (Å²) in [4.78, 5) is 13.3. The molecule has 1 saturated heterocycles. The van der Waals surface area contributed by atoms with E-state index in [9.17, 15) is 0 Å². The van der Waals surface area contributed by atoms with Crippen LogP contribution in [-0.4, -0.2) is 48.1 Å². The zero-order valence-corrected chi connectivity index (χ0v) is 12.1.